The fourth-order valence-electron chi connectivity index (χ4n) is 3.64. The molecule has 0 spiro atoms. The van der Waals surface area contributed by atoms with Gasteiger partial charge in [-0.05, 0) is 57.1 Å². The zero-order valence-corrected chi connectivity index (χ0v) is 14.9. The van der Waals surface area contributed by atoms with Crippen molar-refractivity contribution in [1.82, 2.24) is 19.8 Å². The van der Waals surface area contributed by atoms with Gasteiger partial charge in [-0.1, -0.05) is 19.1 Å². The first-order valence-corrected chi connectivity index (χ1v) is 9.03. The lowest BCUT2D eigenvalue weighted by atomic mass is 10.2. The van der Waals surface area contributed by atoms with Crippen LogP contribution in [0.5, 0.6) is 0 Å². The molecule has 0 bridgehead atoms. The van der Waals surface area contributed by atoms with Gasteiger partial charge in [0.25, 0.3) is 0 Å². The number of rotatable bonds is 7. The maximum Gasteiger partial charge on any atom is 0.0547 e. The van der Waals surface area contributed by atoms with Crippen molar-refractivity contribution in [2.75, 3.05) is 19.6 Å². The van der Waals surface area contributed by atoms with Crippen LogP contribution in [0.15, 0.2) is 42.6 Å². The van der Waals surface area contributed by atoms with Crippen LogP contribution in [0.4, 0.5) is 0 Å². The van der Waals surface area contributed by atoms with Crippen LogP contribution in [0.25, 0.3) is 0 Å². The summed E-state index contributed by atoms with van der Waals surface area (Å²) in [6, 6.07) is 13.1. The van der Waals surface area contributed by atoms with E-state index in [1.165, 1.54) is 19.4 Å². The third kappa shape index (κ3) is 4.62. The Kier molecular flexibility index (Phi) is 5.94. The number of nitrogens with zero attached hydrogens (tertiary/aromatic N) is 4. The molecule has 2 aromatic heterocycles. The Morgan fingerprint density at radius 3 is 2.71 bits per heavy atom. The molecule has 0 amide bonds. The normalized spacial score (nSPS) is 18.4. The third-order valence-electron chi connectivity index (χ3n) is 4.82. The van der Waals surface area contributed by atoms with Gasteiger partial charge in [0.1, 0.15) is 0 Å². The molecule has 4 heteroatoms. The summed E-state index contributed by atoms with van der Waals surface area (Å²) in [4.78, 5) is 14.3. The fraction of sp³-hybridized carbons (Fsp3) is 0.500. The largest absolute Gasteiger partial charge is 0.299 e. The van der Waals surface area contributed by atoms with Crippen molar-refractivity contribution < 1.29 is 0 Å². The van der Waals surface area contributed by atoms with Crippen LogP contribution in [-0.4, -0.2) is 45.4 Å². The molecule has 24 heavy (non-hydrogen) atoms. The second-order valence-corrected chi connectivity index (χ2v) is 6.69. The Balaban J connectivity index is 1.72. The van der Waals surface area contributed by atoms with E-state index in [4.69, 9.17) is 4.98 Å². The standard InChI is InChI=1S/C20H28N4/c1-3-24-13-7-11-20(24)16-23(14-18-9-4-5-12-21-18)15-19-10-6-8-17(2)22-19/h4-6,8-10,12,20H,3,7,11,13-16H2,1-2H3/t20-/m1/s1. The Hall–Kier alpha value is -1.78. The highest BCUT2D eigenvalue weighted by molar-refractivity contribution is 5.10. The molecule has 1 fully saturated rings. The minimum absolute atomic E-state index is 0.656. The van der Waals surface area contributed by atoms with Gasteiger partial charge in [-0.15, -0.1) is 0 Å². The maximum absolute atomic E-state index is 4.69. The SMILES string of the molecule is CCN1CCC[C@@H]1CN(Cc1ccccn1)Cc1cccc(C)n1. The summed E-state index contributed by atoms with van der Waals surface area (Å²) < 4.78 is 0. The highest BCUT2D eigenvalue weighted by Gasteiger charge is 2.25. The zero-order chi connectivity index (χ0) is 16.8. The van der Waals surface area contributed by atoms with Gasteiger partial charge in [0.15, 0.2) is 0 Å². The van der Waals surface area contributed by atoms with Gasteiger partial charge in [-0.25, -0.2) is 0 Å². The highest BCUT2D eigenvalue weighted by atomic mass is 15.2. The second-order valence-electron chi connectivity index (χ2n) is 6.69. The molecule has 0 aliphatic carbocycles. The number of aromatic nitrogens is 2. The summed E-state index contributed by atoms with van der Waals surface area (Å²) in [6.07, 6.45) is 4.50. The fourth-order valence-corrected chi connectivity index (χ4v) is 3.64. The average Bonchev–Trinajstić information content (AvgIpc) is 3.03. The van der Waals surface area contributed by atoms with Crippen molar-refractivity contribution in [3.8, 4) is 0 Å². The van der Waals surface area contributed by atoms with Crippen LogP contribution in [0.2, 0.25) is 0 Å². The number of likely N-dealkylation sites (tertiary alicyclic amines) is 1. The van der Waals surface area contributed by atoms with E-state index in [1.807, 2.05) is 12.3 Å². The minimum atomic E-state index is 0.656. The Morgan fingerprint density at radius 2 is 1.96 bits per heavy atom. The molecule has 1 saturated heterocycles. The second kappa shape index (κ2) is 8.36. The average molecular weight is 324 g/mol. The van der Waals surface area contributed by atoms with Gasteiger partial charge in [0, 0.05) is 37.6 Å². The molecule has 4 nitrogen and oxygen atoms in total. The van der Waals surface area contributed by atoms with Gasteiger partial charge < -0.3 is 0 Å². The zero-order valence-electron chi connectivity index (χ0n) is 14.9. The Morgan fingerprint density at radius 1 is 1.12 bits per heavy atom. The lowest BCUT2D eigenvalue weighted by Crippen LogP contribution is -2.40. The summed E-state index contributed by atoms with van der Waals surface area (Å²) in [7, 11) is 0. The van der Waals surface area contributed by atoms with Crippen molar-refractivity contribution in [1.29, 1.82) is 0 Å². The van der Waals surface area contributed by atoms with Gasteiger partial charge in [0.2, 0.25) is 0 Å². The van der Waals surface area contributed by atoms with E-state index in [0.717, 1.165) is 43.3 Å². The monoisotopic (exact) mass is 324 g/mol. The summed E-state index contributed by atoms with van der Waals surface area (Å²) >= 11 is 0. The van der Waals surface area contributed by atoms with Gasteiger partial charge in [-0.2, -0.15) is 0 Å². The first-order chi connectivity index (χ1) is 11.7. The predicted molar refractivity (Wildman–Crippen MR) is 97.6 cm³/mol. The Bertz CT molecular complexity index is 629. The number of aryl methyl sites for hydroxylation is 1. The molecule has 1 aliphatic rings. The molecule has 0 unspecified atom stereocenters. The third-order valence-corrected chi connectivity index (χ3v) is 4.82. The number of pyridine rings is 2. The topological polar surface area (TPSA) is 32.3 Å². The van der Waals surface area contributed by atoms with E-state index in [1.54, 1.807) is 0 Å². The molecule has 3 rings (SSSR count). The van der Waals surface area contributed by atoms with Crippen molar-refractivity contribution in [2.24, 2.45) is 0 Å². The number of likely N-dealkylation sites (N-methyl/N-ethyl adjacent to an activating group) is 1. The summed E-state index contributed by atoms with van der Waals surface area (Å²) in [6.45, 7) is 9.55. The van der Waals surface area contributed by atoms with E-state index in [0.29, 0.717) is 6.04 Å². The van der Waals surface area contributed by atoms with Gasteiger partial charge in [-0.3, -0.25) is 19.8 Å². The molecule has 0 N–H and O–H groups in total. The van der Waals surface area contributed by atoms with Crippen LogP contribution >= 0.6 is 0 Å². The van der Waals surface area contributed by atoms with Crippen molar-refractivity contribution in [2.45, 2.75) is 45.8 Å². The molecule has 0 radical (unpaired) electrons. The number of hydrogen-bond acceptors (Lipinski definition) is 4. The molecule has 3 heterocycles. The molecule has 128 valence electrons. The first kappa shape index (κ1) is 17.1. The lowest BCUT2D eigenvalue weighted by Gasteiger charge is -2.30. The molecular weight excluding hydrogens is 296 g/mol. The lowest BCUT2D eigenvalue weighted by molar-refractivity contribution is 0.163. The molecule has 0 aromatic carbocycles. The van der Waals surface area contributed by atoms with Gasteiger partial charge in [0.05, 0.1) is 11.4 Å². The molecule has 2 aromatic rings. The van der Waals surface area contributed by atoms with Crippen LogP contribution in [0.1, 0.15) is 36.8 Å². The highest BCUT2D eigenvalue weighted by Crippen LogP contribution is 2.19. The van der Waals surface area contributed by atoms with E-state index < -0.39 is 0 Å². The van der Waals surface area contributed by atoms with Crippen LogP contribution in [0, 0.1) is 6.92 Å². The Labute approximate surface area is 145 Å². The van der Waals surface area contributed by atoms with Crippen LogP contribution in [-0.2, 0) is 13.1 Å². The molecule has 1 aliphatic heterocycles. The molecular formula is C20H28N4. The summed E-state index contributed by atoms with van der Waals surface area (Å²) in [5, 5.41) is 0. The smallest absolute Gasteiger partial charge is 0.0547 e. The van der Waals surface area contributed by atoms with Crippen molar-refractivity contribution in [3.05, 3.63) is 59.7 Å². The minimum Gasteiger partial charge on any atom is -0.299 e. The van der Waals surface area contributed by atoms with E-state index >= 15 is 0 Å². The van der Waals surface area contributed by atoms with Crippen molar-refractivity contribution in [3.63, 3.8) is 0 Å². The molecule has 1 atom stereocenters. The van der Waals surface area contributed by atoms with Crippen molar-refractivity contribution >= 4 is 0 Å². The van der Waals surface area contributed by atoms with Crippen LogP contribution in [0.3, 0.4) is 0 Å². The predicted octanol–water partition coefficient (Wildman–Crippen LogP) is 3.27. The summed E-state index contributed by atoms with van der Waals surface area (Å²) in [5.41, 5.74) is 3.36. The van der Waals surface area contributed by atoms with E-state index in [9.17, 15) is 0 Å². The van der Waals surface area contributed by atoms with Gasteiger partial charge >= 0.3 is 0 Å². The summed E-state index contributed by atoms with van der Waals surface area (Å²) in [5.74, 6) is 0. The van der Waals surface area contributed by atoms with Crippen LogP contribution < -0.4 is 0 Å². The number of hydrogen-bond donors (Lipinski definition) is 0. The maximum atomic E-state index is 4.69. The quantitative estimate of drug-likeness (QED) is 0.782. The molecule has 0 saturated carbocycles. The van der Waals surface area contributed by atoms with E-state index in [2.05, 4.69) is 59.0 Å². The van der Waals surface area contributed by atoms with E-state index in [-0.39, 0.29) is 0 Å². The first-order valence-electron chi connectivity index (χ1n) is 9.03.